The Morgan fingerprint density at radius 1 is 1.21 bits per heavy atom. The topological polar surface area (TPSA) is 85.9 Å². The molecule has 0 bridgehead atoms. The minimum Gasteiger partial charge on any atom is -0.497 e. The van der Waals surface area contributed by atoms with E-state index in [1.807, 2.05) is 29.2 Å². The van der Waals surface area contributed by atoms with Gasteiger partial charge in [-0.15, -0.1) is 0 Å². The first-order chi connectivity index (χ1) is 13.4. The molecule has 1 unspecified atom stereocenters. The van der Waals surface area contributed by atoms with Gasteiger partial charge in [0.15, 0.2) is 0 Å². The number of piperidine rings is 2. The van der Waals surface area contributed by atoms with E-state index in [1.165, 1.54) is 0 Å². The number of carbonyl (C=O) groups excluding carboxylic acids is 2. The highest BCUT2D eigenvalue weighted by Gasteiger charge is 2.43. The van der Waals surface area contributed by atoms with Crippen molar-refractivity contribution in [1.29, 1.82) is 0 Å². The van der Waals surface area contributed by atoms with Crippen LogP contribution in [0.15, 0.2) is 24.3 Å². The van der Waals surface area contributed by atoms with Gasteiger partial charge in [0.25, 0.3) is 5.91 Å². The monoisotopic (exact) mass is 385 g/mol. The number of aromatic nitrogens is 1. The lowest BCUT2D eigenvalue weighted by Crippen LogP contribution is -2.55. The third-order valence-electron chi connectivity index (χ3n) is 6.24. The van der Waals surface area contributed by atoms with Gasteiger partial charge in [0, 0.05) is 44.0 Å². The van der Waals surface area contributed by atoms with Gasteiger partial charge in [-0.3, -0.25) is 9.59 Å². The molecule has 1 aromatic heterocycles. The van der Waals surface area contributed by atoms with Crippen LogP contribution in [0.5, 0.6) is 5.75 Å². The molecule has 1 spiro atoms. The molecular weight excluding hydrogens is 358 g/mol. The molecule has 150 valence electrons. The first-order valence-electron chi connectivity index (χ1n) is 9.79. The Balaban J connectivity index is 1.46. The smallest absolute Gasteiger partial charge is 0.270 e. The van der Waals surface area contributed by atoms with E-state index in [0.717, 1.165) is 29.5 Å². The molecule has 7 heteroatoms. The molecule has 0 saturated carbocycles. The standard InChI is InChI=1S/C21H27N3O4/c1-14(25)24-12-16(26)11-21(13-24)5-7-23(8-6-21)20(27)19-10-15-9-17(28-2)3-4-18(15)22-19/h3-4,9-10,16,22,26H,5-8,11-13H2,1-2H3. The lowest BCUT2D eigenvalue weighted by molar-refractivity contribution is -0.137. The molecular formula is C21H27N3O4. The molecule has 1 aromatic carbocycles. The molecule has 1 atom stereocenters. The van der Waals surface area contributed by atoms with E-state index in [1.54, 1.807) is 18.9 Å². The molecule has 7 nitrogen and oxygen atoms in total. The molecule has 0 aliphatic carbocycles. The molecule has 28 heavy (non-hydrogen) atoms. The summed E-state index contributed by atoms with van der Waals surface area (Å²) in [5.74, 6) is 0.756. The highest BCUT2D eigenvalue weighted by molar-refractivity contribution is 5.98. The van der Waals surface area contributed by atoms with Crippen molar-refractivity contribution >= 4 is 22.7 Å². The van der Waals surface area contributed by atoms with Gasteiger partial charge in [-0.05, 0) is 48.9 Å². The van der Waals surface area contributed by atoms with Crippen LogP contribution >= 0.6 is 0 Å². The highest BCUT2D eigenvalue weighted by atomic mass is 16.5. The lowest BCUT2D eigenvalue weighted by atomic mass is 9.71. The maximum absolute atomic E-state index is 13.0. The molecule has 2 fully saturated rings. The predicted octanol–water partition coefficient (Wildman–Crippen LogP) is 2.01. The third-order valence-corrected chi connectivity index (χ3v) is 6.24. The van der Waals surface area contributed by atoms with Crippen LogP contribution in [-0.2, 0) is 4.79 Å². The Kier molecular flexibility index (Phi) is 4.79. The van der Waals surface area contributed by atoms with Crippen molar-refractivity contribution in [2.24, 2.45) is 5.41 Å². The summed E-state index contributed by atoms with van der Waals surface area (Å²) < 4.78 is 5.25. The van der Waals surface area contributed by atoms with E-state index in [2.05, 4.69) is 4.98 Å². The number of hydrogen-bond donors (Lipinski definition) is 2. The van der Waals surface area contributed by atoms with Gasteiger partial charge in [0.1, 0.15) is 11.4 Å². The van der Waals surface area contributed by atoms with Crippen molar-refractivity contribution in [2.75, 3.05) is 33.3 Å². The number of amides is 2. The quantitative estimate of drug-likeness (QED) is 0.828. The van der Waals surface area contributed by atoms with Crippen molar-refractivity contribution in [3.8, 4) is 5.75 Å². The van der Waals surface area contributed by atoms with Crippen LogP contribution in [0.25, 0.3) is 10.9 Å². The second-order valence-corrected chi connectivity index (χ2v) is 8.19. The van der Waals surface area contributed by atoms with Gasteiger partial charge in [0.05, 0.1) is 13.2 Å². The third kappa shape index (κ3) is 3.46. The van der Waals surface area contributed by atoms with Crippen LogP contribution in [0.3, 0.4) is 0 Å². The zero-order valence-electron chi connectivity index (χ0n) is 16.4. The largest absolute Gasteiger partial charge is 0.497 e. The molecule has 2 aliphatic heterocycles. The first kappa shape index (κ1) is 18.8. The summed E-state index contributed by atoms with van der Waals surface area (Å²) in [7, 11) is 1.62. The number of aliphatic hydroxyl groups is 1. The van der Waals surface area contributed by atoms with Crippen molar-refractivity contribution in [3.05, 3.63) is 30.0 Å². The van der Waals surface area contributed by atoms with Crippen LogP contribution < -0.4 is 4.74 Å². The number of nitrogens with zero attached hydrogens (tertiary/aromatic N) is 2. The fourth-order valence-corrected chi connectivity index (χ4v) is 4.66. The van der Waals surface area contributed by atoms with Gasteiger partial charge in [-0.1, -0.05) is 0 Å². The zero-order chi connectivity index (χ0) is 19.9. The van der Waals surface area contributed by atoms with Gasteiger partial charge in [-0.2, -0.15) is 0 Å². The van der Waals surface area contributed by atoms with Gasteiger partial charge in [-0.25, -0.2) is 0 Å². The van der Waals surface area contributed by atoms with Gasteiger partial charge in [0.2, 0.25) is 5.91 Å². The number of ether oxygens (including phenoxy) is 1. The van der Waals surface area contributed by atoms with E-state index >= 15 is 0 Å². The molecule has 2 amide bonds. The number of fused-ring (bicyclic) bond motifs is 1. The van der Waals surface area contributed by atoms with Crippen LogP contribution in [0.4, 0.5) is 0 Å². The van der Waals surface area contributed by atoms with E-state index < -0.39 is 6.10 Å². The van der Waals surface area contributed by atoms with E-state index in [-0.39, 0.29) is 17.2 Å². The predicted molar refractivity (Wildman–Crippen MR) is 105 cm³/mol. The van der Waals surface area contributed by atoms with Crippen LogP contribution in [0.2, 0.25) is 0 Å². The molecule has 0 radical (unpaired) electrons. The Morgan fingerprint density at radius 3 is 2.64 bits per heavy atom. The van der Waals surface area contributed by atoms with Crippen LogP contribution in [0.1, 0.15) is 36.7 Å². The number of β-amino-alcohol motifs (C(OH)–C–C–N with tert-alkyl or cyclic N) is 1. The van der Waals surface area contributed by atoms with E-state index in [0.29, 0.717) is 38.3 Å². The summed E-state index contributed by atoms with van der Waals surface area (Å²) in [4.78, 5) is 31.6. The number of H-pyrrole nitrogens is 1. The lowest BCUT2D eigenvalue weighted by Gasteiger charge is -2.48. The number of hydrogen-bond acceptors (Lipinski definition) is 4. The van der Waals surface area contributed by atoms with Crippen molar-refractivity contribution in [1.82, 2.24) is 14.8 Å². The van der Waals surface area contributed by atoms with Gasteiger partial charge < -0.3 is 24.6 Å². The highest BCUT2D eigenvalue weighted by Crippen LogP contribution is 2.40. The fraction of sp³-hybridized carbons (Fsp3) is 0.524. The average molecular weight is 385 g/mol. The maximum atomic E-state index is 13.0. The van der Waals surface area contributed by atoms with Crippen LogP contribution in [-0.4, -0.2) is 71.1 Å². The Hall–Kier alpha value is -2.54. The second-order valence-electron chi connectivity index (χ2n) is 8.19. The molecule has 3 heterocycles. The van der Waals surface area contributed by atoms with E-state index in [9.17, 15) is 14.7 Å². The molecule has 2 N–H and O–H groups in total. The minimum absolute atomic E-state index is 0.00475. The Morgan fingerprint density at radius 2 is 1.96 bits per heavy atom. The summed E-state index contributed by atoms with van der Waals surface area (Å²) in [5.41, 5.74) is 1.40. The number of aliphatic hydroxyl groups excluding tert-OH is 1. The normalized spacial score (nSPS) is 21.9. The van der Waals surface area contributed by atoms with Crippen molar-refractivity contribution in [3.63, 3.8) is 0 Å². The number of benzene rings is 1. The molecule has 4 rings (SSSR count). The summed E-state index contributed by atoms with van der Waals surface area (Å²) in [6, 6.07) is 7.56. The van der Waals surface area contributed by atoms with Crippen LogP contribution in [0, 0.1) is 5.41 Å². The fourth-order valence-electron chi connectivity index (χ4n) is 4.66. The molecule has 2 aromatic rings. The minimum atomic E-state index is -0.483. The number of carbonyl (C=O) groups is 2. The summed E-state index contributed by atoms with van der Waals surface area (Å²) in [6.45, 7) is 3.91. The Labute approximate surface area is 164 Å². The second kappa shape index (κ2) is 7.13. The average Bonchev–Trinajstić information content (AvgIpc) is 3.10. The summed E-state index contributed by atoms with van der Waals surface area (Å²) in [6.07, 6.45) is 1.82. The number of methoxy groups -OCH3 is 1. The summed E-state index contributed by atoms with van der Waals surface area (Å²) >= 11 is 0. The number of aromatic amines is 1. The van der Waals surface area contributed by atoms with E-state index in [4.69, 9.17) is 4.74 Å². The zero-order valence-corrected chi connectivity index (χ0v) is 16.4. The number of rotatable bonds is 2. The first-order valence-corrected chi connectivity index (χ1v) is 9.79. The number of likely N-dealkylation sites (tertiary alicyclic amines) is 2. The number of nitrogens with one attached hydrogen (secondary N) is 1. The van der Waals surface area contributed by atoms with Crippen molar-refractivity contribution in [2.45, 2.75) is 32.3 Å². The van der Waals surface area contributed by atoms with Gasteiger partial charge >= 0.3 is 0 Å². The van der Waals surface area contributed by atoms with Crippen molar-refractivity contribution < 1.29 is 19.4 Å². The SMILES string of the molecule is COc1ccc2[nH]c(C(=O)N3CCC4(CC3)CC(O)CN(C(C)=O)C4)cc2c1. The summed E-state index contributed by atoms with van der Waals surface area (Å²) in [5, 5.41) is 11.2. The Bertz CT molecular complexity index is 898. The molecule has 2 aliphatic rings. The molecule has 2 saturated heterocycles. The maximum Gasteiger partial charge on any atom is 0.270 e.